The first kappa shape index (κ1) is 41.4. The number of aryl methyl sites for hydroxylation is 1. The normalized spacial score (nSPS) is 20.6. The summed E-state index contributed by atoms with van der Waals surface area (Å²) in [5.74, 6) is 0. The zero-order valence-corrected chi connectivity index (χ0v) is 41.0. The molecule has 0 amide bonds. The van der Waals surface area contributed by atoms with Gasteiger partial charge in [0.1, 0.15) is 0 Å². The van der Waals surface area contributed by atoms with E-state index in [1.807, 2.05) is 0 Å². The molecule has 2 unspecified atom stereocenters. The summed E-state index contributed by atoms with van der Waals surface area (Å²) in [6.07, 6.45) is 4.83. The fourth-order valence-corrected chi connectivity index (χ4v) is 13.5. The van der Waals surface area contributed by atoms with Gasteiger partial charge in [-0.1, -0.05) is 166 Å². The van der Waals surface area contributed by atoms with E-state index in [9.17, 15) is 0 Å². The first-order chi connectivity index (χ1) is 31.4. The van der Waals surface area contributed by atoms with Crippen LogP contribution in [0.2, 0.25) is 0 Å². The molecular formula is C62H64BN3. The molecule has 0 aromatic heterocycles. The predicted molar refractivity (Wildman–Crippen MR) is 283 cm³/mol. The van der Waals surface area contributed by atoms with Gasteiger partial charge in [-0.2, -0.15) is 0 Å². The first-order valence-electron chi connectivity index (χ1n) is 24.7. The fourth-order valence-electron chi connectivity index (χ4n) is 13.5. The van der Waals surface area contributed by atoms with E-state index in [1.165, 1.54) is 109 Å². The molecule has 3 aliphatic heterocycles. The molecule has 7 aromatic carbocycles. The third-order valence-electron chi connectivity index (χ3n) is 17.2. The molecule has 0 radical (unpaired) electrons. The molecule has 66 heavy (non-hydrogen) atoms. The maximum Gasteiger partial charge on any atom is 0.252 e. The second kappa shape index (κ2) is 13.8. The van der Waals surface area contributed by atoms with Crippen LogP contribution >= 0.6 is 0 Å². The summed E-state index contributed by atoms with van der Waals surface area (Å²) in [5.41, 5.74) is 25.5. The summed E-state index contributed by atoms with van der Waals surface area (Å²) in [5, 5.41) is 0. The molecule has 3 nitrogen and oxygen atoms in total. The van der Waals surface area contributed by atoms with E-state index in [-0.39, 0.29) is 33.9 Å². The van der Waals surface area contributed by atoms with Crippen molar-refractivity contribution in [1.29, 1.82) is 0 Å². The number of benzene rings is 7. The molecule has 1 saturated carbocycles. The molecule has 0 spiro atoms. The minimum atomic E-state index is -0.211. The number of para-hydroxylation sites is 2. The lowest BCUT2D eigenvalue weighted by atomic mass is 9.32. The number of rotatable bonds is 4. The molecular weight excluding hydrogens is 798 g/mol. The van der Waals surface area contributed by atoms with Crippen molar-refractivity contribution >= 4 is 68.6 Å². The topological polar surface area (TPSA) is 9.72 Å². The minimum Gasteiger partial charge on any atom is -0.335 e. The largest absolute Gasteiger partial charge is 0.335 e. The Morgan fingerprint density at radius 2 is 1.15 bits per heavy atom. The zero-order chi connectivity index (χ0) is 45.9. The van der Waals surface area contributed by atoms with Crippen LogP contribution < -0.4 is 31.1 Å². The Morgan fingerprint density at radius 1 is 0.530 bits per heavy atom. The maximum absolute atomic E-state index is 2.91. The van der Waals surface area contributed by atoms with Crippen molar-refractivity contribution in [2.24, 2.45) is 0 Å². The monoisotopic (exact) mass is 862 g/mol. The Balaban J connectivity index is 1.27. The van der Waals surface area contributed by atoms with Crippen LogP contribution in [-0.2, 0) is 21.7 Å². The SMILES string of the molecule is Cc1cc(C(C)(C)C)ccc1N1c2cc(N(c3ccccc3)c3ccccc3)cc3c2B(c2cc(C(C)(C)C)cc4c2N3C2(C)CCCCC42C)c2c1ccc1c2C(C)(C)c2ccccc2-1. The Kier molecular flexibility index (Phi) is 8.65. The summed E-state index contributed by atoms with van der Waals surface area (Å²) in [6, 6.07) is 54.0. The number of hydrogen-bond acceptors (Lipinski definition) is 3. The van der Waals surface area contributed by atoms with Gasteiger partial charge in [-0.15, -0.1) is 0 Å². The lowest BCUT2D eigenvalue weighted by Gasteiger charge is -2.53. The lowest BCUT2D eigenvalue weighted by molar-refractivity contribution is 0.195. The Bertz CT molecular complexity index is 3110. The van der Waals surface area contributed by atoms with Crippen molar-refractivity contribution in [2.75, 3.05) is 14.7 Å². The average molecular weight is 862 g/mol. The second-order valence-electron chi connectivity index (χ2n) is 23.4. The predicted octanol–water partition coefficient (Wildman–Crippen LogP) is 14.7. The Labute approximate surface area is 394 Å². The lowest BCUT2D eigenvalue weighted by Crippen LogP contribution is -2.65. The number of hydrogen-bond donors (Lipinski definition) is 0. The molecule has 0 saturated heterocycles. The quantitative estimate of drug-likeness (QED) is 0.163. The molecule has 0 bridgehead atoms. The standard InChI is InChI=1S/C62H64BN3/c1-39-34-40(58(2,3)4)28-30-50(39)65-51-31-29-46-45-26-18-19-27-47(45)60(8,9)54(46)56(51)63-49-36-41(59(5,6)7)35-48-57(49)66(62(11)33-21-20-32-61(48,62)10)53-38-44(37-52(65)55(53)63)64(42-22-14-12-15-23-42)43-24-16-13-17-25-43/h12-19,22-31,34-38H,20-21,32-33H2,1-11H3. The molecule has 2 aliphatic carbocycles. The fraction of sp³-hybridized carbons (Fsp3) is 0.323. The van der Waals surface area contributed by atoms with Crippen LogP contribution in [0.25, 0.3) is 11.1 Å². The molecule has 3 heterocycles. The van der Waals surface area contributed by atoms with Gasteiger partial charge >= 0.3 is 0 Å². The van der Waals surface area contributed by atoms with E-state index in [4.69, 9.17) is 0 Å². The molecule has 2 atom stereocenters. The summed E-state index contributed by atoms with van der Waals surface area (Å²) >= 11 is 0. The summed E-state index contributed by atoms with van der Waals surface area (Å²) in [4.78, 5) is 8.11. The van der Waals surface area contributed by atoms with Gasteiger partial charge in [0.25, 0.3) is 6.71 Å². The number of fused-ring (bicyclic) bond motifs is 11. The van der Waals surface area contributed by atoms with Gasteiger partial charge in [-0.3, -0.25) is 0 Å². The van der Waals surface area contributed by atoms with Gasteiger partial charge in [0.05, 0.1) is 11.2 Å². The number of nitrogens with zero attached hydrogens (tertiary/aromatic N) is 3. The van der Waals surface area contributed by atoms with E-state index in [0.717, 1.165) is 17.8 Å². The smallest absolute Gasteiger partial charge is 0.252 e. The van der Waals surface area contributed by atoms with Gasteiger partial charge in [0, 0.05) is 50.6 Å². The molecule has 5 aliphatic rings. The van der Waals surface area contributed by atoms with Crippen molar-refractivity contribution in [3.05, 3.63) is 173 Å². The van der Waals surface area contributed by atoms with E-state index < -0.39 is 0 Å². The van der Waals surface area contributed by atoms with Crippen LogP contribution in [0, 0.1) is 6.92 Å². The highest BCUT2D eigenvalue weighted by atomic mass is 15.3. The van der Waals surface area contributed by atoms with Gasteiger partial charge in [-0.05, 0) is 147 Å². The highest BCUT2D eigenvalue weighted by molar-refractivity contribution is 7.00. The highest BCUT2D eigenvalue weighted by Crippen LogP contribution is 2.63. The highest BCUT2D eigenvalue weighted by Gasteiger charge is 2.62. The van der Waals surface area contributed by atoms with Crippen LogP contribution in [0.15, 0.2) is 140 Å². The molecule has 1 fully saturated rings. The summed E-state index contributed by atoms with van der Waals surface area (Å²) in [6.45, 7) is 26.9. The van der Waals surface area contributed by atoms with Crippen LogP contribution in [0.3, 0.4) is 0 Å². The van der Waals surface area contributed by atoms with Crippen molar-refractivity contribution in [3.8, 4) is 11.1 Å². The molecule has 7 aromatic rings. The average Bonchev–Trinajstić information content (AvgIpc) is 3.66. The van der Waals surface area contributed by atoms with Crippen molar-refractivity contribution < 1.29 is 0 Å². The third-order valence-corrected chi connectivity index (χ3v) is 17.2. The Morgan fingerprint density at radius 3 is 1.82 bits per heavy atom. The zero-order valence-electron chi connectivity index (χ0n) is 41.0. The third kappa shape index (κ3) is 5.51. The Hall–Kier alpha value is -6.00. The van der Waals surface area contributed by atoms with E-state index in [2.05, 4.69) is 230 Å². The van der Waals surface area contributed by atoms with E-state index in [0.29, 0.717) is 0 Å². The minimum absolute atomic E-state index is 0.0227. The second-order valence-corrected chi connectivity index (χ2v) is 23.4. The van der Waals surface area contributed by atoms with Gasteiger partial charge in [0.2, 0.25) is 0 Å². The van der Waals surface area contributed by atoms with Crippen molar-refractivity contribution in [3.63, 3.8) is 0 Å². The van der Waals surface area contributed by atoms with Crippen LogP contribution in [0.1, 0.15) is 128 Å². The van der Waals surface area contributed by atoms with Crippen molar-refractivity contribution in [2.45, 2.75) is 129 Å². The molecule has 12 rings (SSSR count). The first-order valence-corrected chi connectivity index (χ1v) is 24.7. The van der Waals surface area contributed by atoms with Gasteiger partial charge in [-0.25, -0.2) is 0 Å². The molecule has 0 N–H and O–H groups in total. The maximum atomic E-state index is 2.91. The van der Waals surface area contributed by atoms with Crippen LogP contribution in [-0.4, -0.2) is 12.3 Å². The molecule has 4 heteroatoms. The summed E-state index contributed by atoms with van der Waals surface area (Å²) < 4.78 is 0. The van der Waals surface area contributed by atoms with Gasteiger partial charge in [0.15, 0.2) is 0 Å². The van der Waals surface area contributed by atoms with Crippen LogP contribution in [0.5, 0.6) is 0 Å². The van der Waals surface area contributed by atoms with Crippen LogP contribution in [0.4, 0.5) is 45.5 Å². The van der Waals surface area contributed by atoms with Gasteiger partial charge < -0.3 is 14.7 Å². The van der Waals surface area contributed by atoms with E-state index >= 15 is 0 Å². The molecule has 330 valence electrons. The number of anilines is 8. The summed E-state index contributed by atoms with van der Waals surface area (Å²) in [7, 11) is 0. The van der Waals surface area contributed by atoms with E-state index in [1.54, 1.807) is 5.56 Å². The van der Waals surface area contributed by atoms with Crippen molar-refractivity contribution in [1.82, 2.24) is 0 Å².